The smallest absolute Gasteiger partial charge is 0.417 e. The second-order valence-corrected chi connectivity index (χ2v) is 4.84. The van der Waals surface area contributed by atoms with Gasteiger partial charge in [0.1, 0.15) is 11.7 Å². The highest BCUT2D eigenvalue weighted by Gasteiger charge is 2.34. The van der Waals surface area contributed by atoms with Crippen LogP contribution >= 0.6 is 11.6 Å². The summed E-state index contributed by atoms with van der Waals surface area (Å²) in [5.41, 5.74) is -0.798. The van der Waals surface area contributed by atoms with Crippen molar-refractivity contribution in [3.8, 4) is 0 Å². The molecule has 1 unspecified atom stereocenters. The third kappa shape index (κ3) is 4.74. The highest BCUT2D eigenvalue weighted by atomic mass is 35.5. The molecule has 0 fully saturated rings. The maximum absolute atomic E-state index is 12.8. The molecule has 0 aliphatic rings. The molecule has 7 heteroatoms. The number of carbonyl (C=O) groups excluding carboxylic acids is 2. The SMILES string of the molecule is CCOC(=O)C(Cc1ccc(Cl)c(C(F)(F)F)c1)C(C)=O. The van der Waals surface area contributed by atoms with Gasteiger partial charge < -0.3 is 4.74 Å². The standard InChI is InChI=1S/C14H14ClF3O3/c1-3-21-13(20)10(8(2)19)6-9-4-5-12(15)11(7-9)14(16,17)18/h4-5,7,10H,3,6H2,1-2H3. The van der Waals surface area contributed by atoms with Crippen molar-refractivity contribution in [2.24, 2.45) is 5.92 Å². The minimum Gasteiger partial charge on any atom is -0.465 e. The summed E-state index contributed by atoms with van der Waals surface area (Å²) in [5.74, 6) is -2.32. The third-order valence-electron chi connectivity index (χ3n) is 2.84. The molecular weight excluding hydrogens is 309 g/mol. The summed E-state index contributed by atoms with van der Waals surface area (Å²) in [5, 5.41) is -0.429. The van der Waals surface area contributed by atoms with Crippen LogP contribution in [0.5, 0.6) is 0 Å². The number of ether oxygens (including phenoxy) is 1. The molecule has 0 aromatic heterocycles. The molecule has 0 radical (unpaired) electrons. The van der Waals surface area contributed by atoms with E-state index < -0.39 is 34.4 Å². The molecule has 0 saturated carbocycles. The number of esters is 1. The predicted octanol–water partition coefficient (Wildman–Crippen LogP) is 3.67. The number of hydrogen-bond donors (Lipinski definition) is 0. The van der Waals surface area contributed by atoms with E-state index in [0.717, 1.165) is 12.1 Å². The molecule has 0 bridgehead atoms. The highest BCUT2D eigenvalue weighted by molar-refractivity contribution is 6.31. The zero-order valence-corrected chi connectivity index (χ0v) is 12.2. The predicted molar refractivity (Wildman–Crippen MR) is 71.0 cm³/mol. The lowest BCUT2D eigenvalue weighted by molar-refractivity contribution is -0.151. The Morgan fingerprint density at radius 2 is 1.95 bits per heavy atom. The van der Waals surface area contributed by atoms with Gasteiger partial charge in [0.25, 0.3) is 0 Å². The van der Waals surface area contributed by atoms with Crippen LogP contribution in [0.25, 0.3) is 0 Å². The first-order chi connectivity index (χ1) is 9.66. The van der Waals surface area contributed by atoms with Gasteiger partial charge in [0.15, 0.2) is 0 Å². The van der Waals surface area contributed by atoms with Crippen LogP contribution in [0.1, 0.15) is 25.0 Å². The van der Waals surface area contributed by atoms with E-state index >= 15 is 0 Å². The van der Waals surface area contributed by atoms with E-state index in [9.17, 15) is 22.8 Å². The molecule has 1 aromatic carbocycles. The summed E-state index contributed by atoms with van der Waals surface area (Å²) in [7, 11) is 0. The van der Waals surface area contributed by atoms with E-state index in [1.54, 1.807) is 6.92 Å². The van der Waals surface area contributed by atoms with Crippen molar-refractivity contribution in [3.63, 3.8) is 0 Å². The molecule has 0 aliphatic heterocycles. The molecular formula is C14H14ClF3O3. The number of alkyl halides is 3. The Bertz CT molecular complexity index is 541. The fourth-order valence-electron chi connectivity index (χ4n) is 1.79. The van der Waals surface area contributed by atoms with Gasteiger partial charge >= 0.3 is 12.1 Å². The van der Waals surface area contributed by atoms with Crippen molar-refractivity contribution in [3.05, 3.63) is 34.3 Å². The third-order valence-corrected chi connectivity index (χ3v) is 3.17. The number of Topliss-reactive ketones (excluding diaryl/α,β-unsaturated/α-hetero) is 1. The Morgan fingerprint density at radius 3 is 2.43 bits per heavy atom. The molecule has 0 saturated heterocycles. The van der Waals surface area contributed by atoms with Crippen molar-refractivity contribution in [1.29, 1.82) is 0 Å². The summed E-state index contributed by atoms with van der Waals surface area (Å²) in [6.07, 6.45) is -4.75. The van der Waals surface area contributed by atoms with Gasteiger partial charge in [0.2, 0.25) is 0 Å². The second-order valence-electron chi connectivity index (χ2n) is 4.43. The average molecular weight is 323 g/mol. The molecule has 1 atom stereocenters. The maximum atomic E-state index is 12.8. The largest absolute Gasteiger partial charge is 0.465 e. The van der Waals surface area contributed by atoms with Crippen LogP contribution in [-0.4, -0.2) is 18.4 Å². The van der Waals surface area contributed by atoms with Crippen molar-refractivity contribution >= 4 is 23.4 Å². The molecule has 0 aliphatic carbocycles. The Morgan fingerprint density at radius 1 is 1.33 bits per heavy atom. The van der Waals surface area contributed by atoms with Crippen LogP contribution in [0.15, 0.2) is 18.2 Å². The minimum atomic E-state index is -4.59. The first-order valence-corrected chi connectivity index (χ1v) is 6.57. The van der Waals surface area contributed by atoms with Crippen LogP contribution in [-0.2, 0) is 26.9 Å². The molecule has 116 valence electrons. The lowest BCUT2D eigenvalue weighted by Crippen LogP contribution is -2.26. The van der Waals surface area contributed by atoms with E-state index in [-0.39, 0.29) is 18.6 Å². The molecule has 1 aromatic rings. The monoisotopic (exact) mass is 322 g/mol. The number of hydrogen-bond acceptors (Lipinski definition) is 3. The average Bonchev–Trinajstić information content (AvgIpc) is 2.36. The molecule has 0 N–H and O–H groups in total. The lowest BCUT2D eigenvalue weighted by atomic mass is 9.95. The van der Waals surface area contributed by atoms with Gasteiger partial charge in [-0.15, -0.1) is 0 Å². The van der Waals surface area contributed by atoms with Gasteiger partial charge in [-0.25, -0.2) is 0 Å². The van der Waals surface area contributed by atoms with Crippen LogP contribution in [0.4, 0.5) is 13.2 Å². The summed E-state index contributed by atoms with van der Waals surface area (Å²) in [6.45, 7) is 2.87. The Balaban J connectivity index is 3.05. The second kappa shape index (κ2) is 6.93. The maximum Gasteiger partial charge on any atom is 0.417 e. The Kier molecular flexibility index (Phi) is 5.78. The van der Waals surface area contributed by atoms with Gasteiger partial charge in [0.05, 0.1) is 17.2 Å². The normalized spacial score (nSPS) is 12.9. The zero-order valence-electron chi connectivity index (χ0n) is 11.5. The van der Waals surface area contributed by atoms with E-state index in [2.05, 4.69) is 0 Å². The summed E-state index contributed by atoms with van der Waals surface area (Å²) >= 11 is 5.51. The number of ketones is 1. The van der Waals surface area contributed by atoms with Crippen molar-refractivity contribution in [1.82, 2.24) is 0 Å². The first kappa shape index (κ1) is 17.5. The number of halogens is 4. The van der Waals surface area contributed by atoms with Crippen LogP contribution in [0.2, 0.25) is 5.02 Å². The molecule has 3 nitrogen and oxygen atoms in total. The molecule has 0 spiro atoms. The van der Waals surface area contributed by atoms with E-state index in [0.29, 0.717) is 0 Å². The Labute approximate surface area is 125 Å². The van der Waals surface area contributed by atoms with Gasteiger partial charge in [0, 0.05) is 0 Å². The van der Waals surface area contributed by atoms with Crippen molar-refractivity contribution in [2.75, 3.05) is 6.61 Å². The van der Waals surface area contributed by atoms with Crippen molar-refractivity contribution in [2.45, 2.75) is 26.4 Å². The van der Waals surface area contributed by atoms with E-state index in [1.165, 1.54) is 13.0 Å². The van der Waals surface area contributed by atoms with Gasteiger partial charge in [-0.05, 0) is 38.0 Å². The van der Waals surface area contributed by atoms with E-state index in [4.69, 9.17) is 16.3 Å². The fourth-order valence-corrected chi connectivity index (χ4v) is 2.01. The number of benzene rings is 1. The van der Waals surface area contributed by atoms with Gasteiger partial charge in [-0.1, -0.05) is 17.7 Å². The molecule has 1 rings (SSSR count). The van der Waals surface area contributed by atoms with Crippen LogP contribution < -0.4 is 0 Å². The fraction of sp³-hybridized carbons (Fsp3) is 0.429. The van der Waals surface area contributed by atoms with Gasteiger partial charge in [-0.2, -0.15) is 13.2 Å². The quantitative estimate of drug-likeness (QED) is 0.613. The minimum absolute atomic E-state index is 0.0943. The van der Waals surface area contributed by atoms with Crippen LogP contribution in [0, 0.1) is 5.92 Å². The summed E-state index contributed by atoms with van der Waals surface area (Å²) < 4.78 is 43.0. The lowest BCUT2D eigenvalue weighted by Gasteiger charge is -2.15. The Hall–Kier alpha value is -1.56. The highest BCUT2D eigenvalue weighted by Crippen LogP contribution is 2.35. The summed E-state index contributed by atoms with van der Waals surface area (Å²) in [6, 6.07) is 3.30. The van der Waals surface area contributed by atoms with Crippen LogP contribution in [0.3, 0.4) is 0 Å². The number of rotatable bonds is 5. The number of carbonyl (C=O) groups is 2. The zero-order chi connectivity index (χ0) is 16.2. The van der Waals surface area contributed by atoms with Crippen molar-refractivity contribution < 1.29 is 27.5 Å². The van der Waals surface area contributed by atoms with E-state index in [1.807, 2.05) is 0 Å². The molecule has 21 heavy (non-hydrogen) atoms. The molecule has 0 heterocycles. The molecule has 0 amide bonds. The first-order valence-electron chi connectivity index (χ1n) is 6.19. The summed E-state index contributed by atoms with van der Waals surface area (Å²) in [4.78, 5) is 23.1. The topological polar surface area (TPSA) is 43.4 Å². The van der Waals surface area contributed by atoms with Gasteiger partial charge in [-0.3, -0.25) is 9.59 Å².